The van der Waals surface area contributed by atoms with Crippen LogP contribution < -0.4 is 10.1 Å². The lowest BCUT2D eigenvalue weighted by Gasteiger charge is -2.13. The second kappa shape index (κ2) is 8.98. The molecule has 0 saturated heterocycles. The average molecular weight is 386 g/mol. The van der Waals surface area contributed by atoms with E-state index in [1.807, 2.05) is 48.5 Å². The second-order valence-corrected chi connectivity index (χ2v) is 6.82. The molecule has 1 N–H and O–H groups in total. The molecule has 0 bridgehead atoms. The summed E-state index contributed by atoms with van der Waals surface area (Å²) in [6.45, 7) is 3.25. The van der Waals surface area contributed by atoms with Crippen molar-refractivity contribution in [3.63, 3.8) is 0 Å². The van der Waals surface area contributed by atoms with Gasteiger partial charge in [0.1, 0.15) is 12.4 Å². The number of ether oxygens (including phenoxy) is 1. The van der Waals surface area contributed by atoms with Crippen LogP contribution in [0.4, 0.5) is 5.69 Å². The fraction of sp³-hybridized carbons (Fsp3) is 0.182. The van der Waals surface area contributed by atoms with Crippen molar-refractivity contribution in [2.45, 2.75) is 26.5 Å². The Morgan fingerprint density at radius 3 is 2.31 bits per heavy atom. The highest BCUT2D eigenvalue weighted by atomic mass is 35.5. The highest BCUT2D eigenvalue weighted by Gasteiger charge is 2.06. The third kappa shape index (κ3) is 4.72. The predicted octanol–water partition coefficient (Wildman–Crippen LogP) is 6.75. The summed E-state index contributed by atoms with van der Waals surface area (Å²) in [6.07, 6.45) is 0.999. The summed E-state index contributed by atoms with van der Waals surface area (Å²) in [5, 5.41) is 4.77. The van der Waals surface area contributed by atoms with E-state index in [1.54, 1.807) is 0 Å². The van der Waals surface area contributed by atoms with Crippen LogP contribution in [0.5, 0.6) is 5.75 Å². The highest BCUT2D eigenvalue weighted by Crippen LogP contribution is 2.28. The summed E-state index contributed by atoms with van der Waals surface area (Å²) in [7, 11) is 0. The van der Waals surface area contributed by atoms with E-state index < -0.39 is 0 Å². The molecule has 3 rings (SSSR count). The molecule has 2 nitrogen and oxygen atoms in total. The van der Waals surface area contributed by atoms with Crippen LogP contribution in [0, 0.1) is 0 Å². The molecule has 26 heavy (non-hydrogen) atoms. The molecule has 0 aromatic heterocycles. The summed E-state index contributed by atoms with van der Waals surface area (Å²) in [4.78, 5) is 0. The summed E-state index contributed by atoms with van der Waals surface area (Å²) < 4.78 is 5.82. The Kier molecular flexibility index (Phi) is 6.43. The van der Waals surface area contributed by atoms with E-state index in [9.17, 15) is 0 Å². The summed E-state index contributed by atoms with van der Waals surface area (Å²) in [6, 6.07) is 21.8. The first-order valence-corrected chi connectivity index (χ1v) is 9.39. The Morgan fingerprint density at radius 2 is 1.58 bits per heavy atom. The summed E-state index contributed by atoms with van der Waals surface area (Å²) in [5.74, 6) is 0.657. The number of hydrogen-bond acceptors (Lipinski definition) is 2. The first kappa shape index (κ1) is 18.6. The molecule has 0 unspecified atom stereocenters. The molecule has 0 saturated carbocycles. The van der Waals surface area contributed by atoms with E-state index >= 15 is 0 Å². The van der Waals surface area contributed by atoms with Crippen LogP contribution in [0.25, 0.3) is 0 Å². The molecule has 0 aliphatic carbocycles. The highest BCUT2D eigenvalue weighted by molar-refractivity contribution is 6.32. The average Bonchev–Trinajstić information content (AvgIpc) is 2.67. The number of rotatable bonds is 7. The molecule has 4 heteroatoms. The molecule has 0 fully saturated rings. The molecule has 3 aromatic rings. The second-order valence-electron chi connectivity index (χ2n) is 6.01. The number of aryl methyl sites for hydroxylation is 1. The molecule has 0 heterocycles. The minimum atomic E-state index is 0.390. The Balaban J connectivity index is 1.63. The Morgan fingerprint density at radius 1 is 0.846 bits per heavy atom. The number of halogens is 2. The van der Waals surface area contributed by atoms with Gasteiger partial charge >= 0.3 is 0 Å². The Hall–Kier alpha value is -2.16. The van der Waals surface area contributed by atoms with Crippen molar-refractivity contribution in [1.82, 2.24) is 0 Å². The number of para-hydroxylation sites is 1. The van der Waals surface area contributed by atoms with Gasteiger partial charge in [0, 0.05) is 22.8 Å². The molecular weight excluding hydrogens is 365 g/mol. The van der Waals surface area contributed by atoms with Crippen molar-refractivity contribution in [1.29, 1.82) is 0 Å². The van der Waals surface area contributed by atoms with Crippen molar-refractivity contribution in [2.24, 2.45) is 0 Å². The van der Waals surface area contributed by atoms with Crippen molar-refractivity contribution >= 4 is 28.9 Å². The van der Waals surface area contributed by atoms with Gasteiger partial charge in [-0.2, -0.15) is 0 Å². The predicted molar refractivity (Wildman–Crippen MR) is 110 cm³/mol. The lowest BCUT2D eigenvalue weighted by atomic mass is 10.1. The monoisotopic (exact) mass is 385 g/mol. The van der Waals surface area contributed by atoms with Crippen LogP contribution >= 0.6 is 23.2 Å². The van der Waals surface area contributed by atoms with E-state index in [-0.39, 0.29) is 0 Å². The standard InChI is InChI=1S/C22H21Cl2NO/c1-2-17-7-4-6-10-21(17)25-14-16-11-12-22(20(24)13-16)26-15-18-8-3-5-9-19(18)23/h3-13,25H,2,14-15H2,1H3. The minimum absolute atomic E-state index is 0.390. The Bertz CT molecular complexity index is 880. The number of benzene rings is 3. The maximum absolute atomic E-state index is 6.39. The van der Waals surface area contributed by atoms with Gasteiger partial charge in [-0.1, -0.05) is 72.6 Å². The molecule has 3 aromatic carbocycles. The van der Waals surface area contributed by atoms with Crippen LogP contribution in [-0.2, 0) is 19.6 Å². The van der Waals surface area contributed by atoms with Crippen LogP contribution in [0.2, 0.25) is 10.0 Å². The number of anilines is 1. The summed E-state index contributed by atoms with van der Waals surface area (Å²) >= 11 is 12.5. The molecular formula is C22H21Cl2NO. The first-order chi connectivity index (χ1) is 12.7. The fourth-order valence-electron chi connectivity index (χ4n) is 2.74. The molecule has 0 amide bonds. The molecule has 0 spiro atoms. The normalized spacial score (nSPS) is 10.6. The van der Waals surface area contributed by atoms with E-state index in [0.29, 0.717) is 28.9 Å². The van der Waals surface area contributed by atoms with Crippen molar-refractivity contribution in [2.75, 3.05) is 5.32 Å². The van der Waals surface area contributed by atoms with Crippen molar-refractivity contribution in [3.05, 3.63) is 93.5 Å². The van der Waals surface area contributed by atoms with E-state index in [0.717, 1.165) is 23.2 Å². The lowest BCUT2D eigenvalue weighted by Crippen LogP contribution is -2.02. The largest absolute Gasteiger partial charge is 0.487 e. The summed E-state index contributed by atoms with van der Waals surface area (Å²) in [5.41, 5.74) is 4.50. The molecule has 0 aliphatic rings. The van der Waals surface area contributed by atoms with Gasteiger partial charge in [0.05, 0.1) is 5.02 Å². The van der Waals surface area contributed by atoms with Gasteiger partial charge in [-0.05, 0) is 41.8 Å². The van der Waals surface area contributed by atoms with Gasteiger partial charge in [-0.15, -0.1) is 0 Å². The topological polar surface area (TPSA) is 21.3 Å². The van der Waals surface area contributed by atoms with Gasteiger partial charge in [0.2, 0.25) is 0 Å². The van der Waals surface area contributed by atoms with Gasteiger partial charge in [0.25, 0.3) is 0 Å². The zero-order valence-electron chi connectivity index (χ0n) is 14.6. The zero-order valence-corrected chi connectivity index (χ0v) is 16.1. The van der Waals surface area contributed by atoms with E-state index in [2.05, 4.69) is 30.4 Å². The maximum atomic E-state index is 6.39. The third-order valence-corrected chi connectivity index (χ3v) is 4.88. The maximum Gasteiger partial charge on any atom is 0.138 e. The quantitative estimate of drug-likeness (QED) is 0.485. The Labute approximate surface area is 164 Å². The lowest BCUT2D eigenvalue weighted by molar-refractivity contribution is 0.306. The van der Waals surface area contributed by atoms with Crippen LogP contribution in [-0.4, -0.2) is 0 Å². The van der Waals surface area contributed by atoms with Gasteiger partial charge in [-0.3, -0.25) is 0 Å². The third-order valence-electron chi connectivity index (χ3n) is 4.22. The van der Waals surface area contributed by atoms with Crippen LogP contribution in [0.15, 0.2) is 66.7 Å². The molecule has 0 aliphatic heterocycles. The van der Waals surface area contributed by atoms with Gasteiger partial charge in [-0.25, -0.2) is 0 Å². The zero-order chi connectivity index (χ0) is 18.4. The van der Waals surface area contributed by atoms with Crippen LogP contribution in [0.3, 0.4) is 0 Å². The number of hydrogen-bond donors (Lipinski definition) is 1. The van der Waals surface area contributed by atoms with Crippen molar-refractivity contribution < 1.29 is 4.74 Å². The SMILES string of the molecule is CCc1ccccc1NCc1ccc(OCc2ccccc2Cl)c(Cl)c1. The minimum Gasteiger partial charge on any atom is -0.487 e. The fourth-order valence-corrected chi connectivity index (χ4v) is 3.19. The first-order valence-electron chi connectivity index (χ1n) is 8.63. The molecule has 0 radical (unpaired) electrons. The molecule has 134 valence electrons. The van der Waals surface area contributed by atoms with Gasteiger partial charge < -0.3 is 10.1 Å². The molecule has 0 atom stereocenters. The van der Waals surface area contributed by atoms with Crippen molar-refractivity contribution in [3.8, 4) is 5.75 Å². The number of nitrogens with one attached hydrogen (secondary N) is 1. The van der Waals surface area contributed by atoms with Gasteiger partial charge in [0.15, 0.2) is 0 Å². The van der Waals surface area contributed by atoms with E-state index in [4.69, 9.17) is 27.9 Å². The van der Waals surface area contributed by atoms with Crippen LogP contribution in [0.1, 0.15) is 23.6 Å². The smallest absolute Gasteiger partial charge is 0.138 e. The van der Waals surface area contributed by atoms with E-state index in [1.165, 1.54) is 5.56 Å².